The van der Waals surface area contributed by atoms with Crippen LogP contribution in [0.3, 0.4) is 0 Å². The number of aromatic hydroxyl groups is 1. The minimum atomic E-state index is -0.775. The van der Waals surface area contributed by atoms with Crippen LogP contribution in [0.4, 0.5) is 0 Å². The number of aryl methyl sites for hydroxylation is 1. The molecule has 160 valence electrons. The molecule has 0 saturated carbocycles. The summed E-state index contributed by atoms with van der Waals surface area (Å²) >= 11 is 0. The van der Waals surface area contributed by atoms with Crippen LogP contribution in [0.1, 0.15) is 48.0 Å². The van der Waals surface area contributed by atoms with Gasteiger partial charge in [0.25, 0.3) is 0 Å². The topological polar surface area (TPSA) is 98.0 Å². The zero-order valence-electron chi connectivity index (χ0n) is 17.1. The molecule has 4 rings (SSSR count). The molecular formula is C23H27NO6. The van der Waals surface area contributed by atoms with Gasteiger partial charge < -0.3 is 24.3 Å². The lowest BCUT2D eigenvalue weighted by molar-refractivity contribution is -0.124. The van der Waals surface area contributed by atoms with Crippen molar-refractivity contribution < 1.29 is 23.8 Å². The van der Waals surface area contributed by atoms with Crippen LogP contribution >= 0.6 is 0 Å². The second-order valence-electron chi connectivity index (χ2n) is 8.08. The summed E-state index contributed by atoms with van der Waals surface area (Å²) in [5.74, 6) is 0.00319. The van der Waals surface area contributed by atoms with E-state index in [2.05, 4.69) is 11.4 Å². The van der Waals surface area contributed by atoms with Crippen molar-refractivity contribution in [3.8, 4) is 5.75 Å². The number of fused-ring (bicyclic) bond motifs is 1. The second-order valence-corrected chi connectivity index (χ2v) is 8.08. The normalized spacial score (nSPS) is 20.4. The highest BCUT2D eigenvalue weighted by molar-refractivity contribution is 5.77. The molecule has 3 heterocycles. The Morgan fingerprint density at radius 3 is 2.80 bits per heavy atom. The zero-order valence-corrected chi connectivity index (χ0v) is 17.1. The van der Waals surface area contributed by atoms with Crippen molar-refractivity contribution >= 4 is 5.91 Å². The van der Waals surface area contributed by atoms with E-state index in [1.165, 1.54) is 11.6 Å². The Morgan fingerprint density at radius 1 is 1.23 bits per heavy atom. The van der Waals surface area contributed by atoms with E-state index in [0.29, 0.717) is 45.0 Å². The van der Waals surface area contributed by atoms with Gasteiger partial charge in [-0.1, -0.05) is 24.3 Å². The molecule has 2 aromatic rings. The average Bonchev–Trinajstić information content (AvgIpc) is 2.75. The molecular weight excluding hydrogens is 386 g/mol. The van der Waals surface area contributed by atoms with Gasteiger partial charge in [-0.15, -0.1) is 0 Å². The molecule has 2 N–H and O–H groups in total. The summed E-state index contributed by atoms with van der Waals surface area (Å²) in [6.45, 7) is 3.52. The third kappa shape index (κ3) is 4.13. The Kier molecular flexibility index (Phi) is 5.92. The smallest absolute Gasteiger partial charge is 0.227 e. The molecule has 7 heteroatoms. The number of benzene rings is 1. The van der Waals surface area contributed by atoms with E-state index >= 15 is 0 Å². The van der Waals surface area contributed by atoms with Gasteiger partial charge in [-0.05, 0) is 37.3 Å². The van der Waals surface area contributed by atoms with Crippen molar-refractivity contribution in [3.63, 3.8) is 0 Å². The van der Waals surface area contributed by atoms with Gasteiger partial charge in [-0.3, -0.25) is 9.59 Å². The number of rotatable bonds is 5. The summed E-state index contributed by atoms with van der Waals surface area (Å²) in [6, 6.07) is 9.36. The Morgan fingerprint density at radius 2 is 2.00 bits per heavy atom. The van der Waals surface area contributed by atoms with Crippen molar-refractivity contribution in [2.75, 3.05) is 26.4 Å². The standard InChI is InChI=1S/C23H27NO6/c1-15-12-18(25)21(27)22(30-15)23(7-10-28-11-8-23)13-20(26)24-14-19-17-5-3-2-4-16(17)6-9-29-19/h2-5,12,19,27H,6-11,13-14H2,1H3,(H,24,26). The number of carbonyl (C=O) groups is 1. The first kappa shape index (κ1) is 20.6. The number of hydrogen-bond donors (Lipinski definition) is 2. The zero-order chi connectivity index (χ0) is 21.1. The molecule has 2 aliphatic heterocycles. The first-order chi connectivity index (χ1) is 14.5. The highest BCUT2D eigenvalue weighted by Crippen LogP contribution is 2.41. The largest absolute Gasteiger partial charge is 0.502 e. The molecule has 7 nitrogen and oxygen atoms in total. The van der Waals surface area contributed by atoms with Crippen LogP contribution in [-0.2, 0) is 26.1 Å². The number of amides is 1. The molecule has 1 aromatic carbocycles. The van der Waals surface area contributed by atoms with Crippen molar-refractivity contribution in [2.24, 2.45) is 0 Å². The molecule has 1 atom stereocenters. The lowest BCUT2D eigenvalue weighted by Crippen LogP contribution is -2.41. The lowest BCUT2D eigenvalue weighted by atomic mass is 9.74. The maximum absolute atomic E-state index is 12.9. The molecule has 1 aromatic heterocycles. The fourth-order valence-electron chi connectivity index (χ4n) is 4.43. The lowest BCUT2D eigenvalue weighted by Gasteiger charge is -2.36. The predicted octanol–water partition coefficient (Wildman–Crippen LogP) is 2.52. The summed E-state index contributed by atoms with van der Waals surface area (Å²) in [4.78, 5) is 25.0. The number of ether oxygens (including phenoxy) is 2. The van der Waals surface area contributed by atoms with Gasteiger partial charge in [-0.25, -0.2) is 0 Å². The van der Waals surface area contributed by atoms with Gasteiger partial charge in [-0.2, -0.15) is 0 Å². The van der Waals surface area contributed by atoms with Gasteiger partial charge in [0.1, 0.15) is 11.9 Å². The van der Waals surface area contributed by atoms with E-state index < -0.39 is 16.6 Å². The molecule has 1 fully saturated rings. The molecule has 30 heavy (non-hydrogen) atoms. The van der Waals surface area contributed by atoms with Crippen LogP contribution < -0.4 is 10.7 Å². The maximum Gasteiger partial charge on any atom is 0.227 e. The van der Waals surface area contributed by atoms with E-state index in [0.717, 1.165) is 12.0 Å². The van der Waals surface area contributed by atoms with E-state index in [-0.39, 0.29) is 24.2 Å². The molecule has 0 radical (unpaired) electrons. The van der Waals surface area contributed by atoms with Gasteiger partial charge in [0.15, 0.2) is 5.76 Å². The highest BCUT2D eigenvalue weighted by Gasteiger charge is 2.42. The fraction of sp³-hybridized carbons (Fsp3) is 0.478. The molecule has 1 amide bonds. The summed E-state index contributed by atoms with van der Waals surface area (Å²) < 4.78 is 17.1. The highest BCUT2D eigenvalue weighted by atomic mass is 16.5. The fourth-order valence-corrected chi connectivity index (χ4v) is 4.43. The molecule has 0 bridgehead atoms. The van der Waals surface area contributed by atoms with Crippen LogP contribution in [0.25, 0.3) is 0 Å². The summed E-state index contributed by atoms with van der Waals surface area (Å²) in [5, 5.41) is 13.4. The van der Waals surface area contributed by atoms with Crippen LogP contribution in [0.15, 0.2) is 39.5 Å². The number of carbonyl (C=O) groups excluding carboxylic acids is 1. The Hall–Kier alpha value is -2.64. The van der Waals surface area contributed by atoms with E-state index in [4.69, 9.17) is 13.9 Å². The van der Waals surface area contributed by atoms with Crippen LogP contribution in [0.5, 0.6) is 5.75 Å². The van der Waals surface area contributed by atoms with Crippen LogP contribution in [0, 0.1) is 6.92 Å². The van der Waals surface area contributed by atoms with Crippen LogP contribution in [0.2, 0.25) is 0 Å². The first-order valence-corrected chi connectivity index (χ1v) is 10.4. The quantitative estimate of drug-likeness (QED) is 0.782. The van der Waals surface area contributed by atoms with E-state index in [1.54, 1.807) is 6.92 Å². The summed E-state index contributed by atoms with van der Waals surface area (Å²) in [5.41, 5.74) is 1.08. The van der Waals surface area contributed by atoms with Crippen molar-refractivity contribution in [3.05, 3.63) is 63.2 Å². The third-order valence-corrected chi connectivity index (χ3v) is 6.05. The Bertz CT molecular complexity index is 976. The van der Waals surface area contributed by atoms with Crippen LogP contribution in [-0.4, -0.2) is 37.4 Å². The van der Waals surface area contributed by atoms with Crippen molar-refractivity contribution in [1.82, 2.24) is 5.32 Å². The first-order valence-electron chi connectivity index (χ1n) is 10.4. The monoisotopic (exact) mass is 413 g/mol. The molecule has 1 saturated heterocycles. The summed E-state index contributed by atoms with van der Waals surface area (Å²) in [7, 11) is 0. The minimum Gasteiger partial charge on any atom is -0.502 e. The molecule has 0 aliphatic carbocycles. The Balaban J connectivity index is 1.51. The van der Waals surface area contributed by atoms with Crippen molar-refractivity contribution in [1.29, 1.82) is 0 Å². The van der Waals surface area contributed by atoms with Gasteiger partial charge >= 0.3 is 0 Å². The predicted molar refractivity (Wildman–Crippen MR) is 110 cm³/mol. The summed E-state index contributed by atoms with van der Waals surface area (Å²) in [6.07, 6.45) is 1.77. The molecule has 1 unspecified atom stereocenters. The van der Waals surface area contributed by atoms with E-state index in [9.17, 15) is 14.7 Å². The average molecular weight is 413 g/mol. The van der Waals surface area contributed by atoms with Gasteiger partial charge in [0.2, 0.25) is 17.1 Å². The SMILES string of the molecule is Cc1cc(=O)c(O)c(C2(CC(=O)NCC3OCCc4ccccc43)CCOCC2)o1. The van der Waals surface area contributed by atoms with Crippen molar-refractivity contribution in [2.45, 2.75) is 44.1 Å². The van der Waals surface area contributed by atoms with Gasteiger partial charge in [0.05, 0.1) is 6.61 Å². The molecule has 2 aliphatic rings. The third-order valence-electron chi connectivity index (χ3n) is 6.05. The number of hydrogen-bond acceptors (Lipinski definition) is 6. The van der Waals surface area contributed by atoms with Gasteiger partial charge in [0, 0.05) is 37.7 Å². The maximum atomic E-state index is 12.9. The second kappa shape index (κ2) is 8.62. The minimum absolute atomic E-state index is 0.102. The molecule has 0 spiro atoms. The number of nitrogens with one attached hydrogen (secondary N) is 1. The van der Waals surface area contributed by atoms with E-state index in [1.807, 2.05) is 18.2 Å². The Labute approximate surface area is 175 Å².